The number of aliphatic imine (C=N–C) groups is 1. The third-order valence-electron chi connectivity index (χ3n) is 5.65. The van der Waals surface area contributed by atoms with Crippen molar-refractivity contribution in [3.05, 3.63) is 99.8 Å². The van der Waals surface area contributed by atoms with Gasteiger partial charge in [-0.2, -0.15) is 0 Å². The summed E-state index contributed by atoms with van der Waals surface area (Å²) >= 11 is 1.57. The summed E-state index contributed by atoms with van der Waals surface area (Å²) in [6.07, 6.45) is 0. The maximum atomic E-state index is 13.1. The van der Waals surface area contributed by atoms with Gasteiger partial charge in [0, 0.05) is 5.39 Å². The SMILES string of the molecule is Cc1ccc(C2N=C(Nc3nc4ccccc4s3)Nc3c2c(=O)[nH]c2ccccc32)cc1. The molecule has 0 amide bonds. The second-order valence-electron chi connectivity index (χ2n) is 7.82. The minimum Gasteiger partial charge on any atom is -0.325 e. The molecule has 5 aromatic rings. The summed E-state index contributed by atoms with van der Waals surface area (Å²) in [4.78, 5) is 25.7. The van der Waals surface area contributed by atoms with Crippen LogP contribution in [0, 0.1) is 6.92 Å². The van der Waals surface area contributed by atoms with Gasteiger partial charge in [0.2, 0.25) is 5.96 Å². The average Bonchev–Trinajstić information content (AvgIpc) is 3.21. The van der Waals surface area contributed by atoms with Crippen molar-refractivity contribution < 1.29 is 0 Å². The number of pyridine rings is 1. The third-order valence-corrected chi connectivity index (χ3v) is 6.60. The standard InChI is InChI=1S/C25H19N5OS/c1-14-10-12-15(13-11-14)21-20-22(16-6-2-3-7-17(16)26-23(20)31)29-24(28-21)30-25-27-18-8-4-5-9-19(18)32-25/h2-13,21H,1H3,(H,26,31)(H2,27,28,29,30). The Labute approximate surface area is 187 Å². The Morgan fingerprint density at radius 1 is 0.969 bits per heavy atom. The fourth-order valence-electron chi connectivity index (χ4n) is 4.08. The zero-order chi connectivity index (χ0) is 21.7. The van der Waals surface area contributed by atoms with Crippen LogP contribution in [0.3, 0.4) is 0 Å². The van der Waals surface area contributed by atoms with Crippen LogP contribution in [0.4, 0.5) is 10.8 Å². The monoisotopic (exact) mass is 437 g/mol. The number of nitrogens with zero attached hydrogens (tertiary/aromatic N) is 2. The van der Waals surface area contributed by atoms with Gasteiger partial charge in [0.05, 0.1) is 27.0 Å². The molecule has 3 heterocycles. The van der Waals surface area contributed by atoms with E-state index in [4.69, 9.17) is 4.99 Å². The van der Waals surface area contributed by atoms with Crippen LogP contribution in [-0.2, 0) is 0 Å². The minimum atomic E-state index is -0.433. The Hall–Kier alpha value is -3.97. The molecule has 1 atom stereocenters. The Kier molecular flexibility index (Phi) is 4.29. The molecule has 0 radical (unpaired) electrons. The molecular formula is C25H19N5OS. The van der Waals surface area contributed by atoms with Gasteiger partial charge in [0.1, 0.15) is 6.04 Å². The van der Waals surface area contributed by atoms with Crippen molar-refractivity contribution in [2.45, 2.75) is 13.0 Å². The number of rotatable bonds is 2. The lowest BCUT2D eigenvalue weighted by atomic mass is 9.95. The fourth-order valence-corrected chi connectivity index (χ4v) is 4.94. The number of aryl methyl sites for hydroxylation is 1. The molecule has 0 saturated carbocycles. The smallest absolute Gasteiger partial charge is 0.256 e. The lowest BCUT2D eigenvalue weighted by molar-refractivity contribution is 0.845. The molecule has 0 bridgehead atoms. The molecule has 6 rings (SSSR count). The molecule has 2 aromatic heterocycles. The van der Waals surface area contributed by atoms with Gasteiger partial charge in [0.25, 0.3) is 5.56 Å². The van der Waals surface area contributed by atoms with E-state index in [9.17, 15) is 4.79 Å². The van der Waals surface area contributed by atoms with Crippen LogP contribution in [0.5, 0.6) is 0 Å². The van der Waals surface area contributed by atoms with E-state index in [-0.39, 0.29) is 5.56 Å². The quantitative estimate of drug-likeness (QED) is 0.344. The van der Waals surface area contributed by atoms with Crippen LogP contribution in [0.2, 0.25) is 0 Å². The Morgan fingerprint density at radius 2 is 1.75 bits per heavy atom. The number of fused-ring (bicyclic) bond motifs is 4. The Bertz CT molecular complexity index is 1530. The zero-order valence-electron chi connectivity index (χ0n) is 17.2. The van der Waals surface area contributed by atoms with Crippen LogP contribution >= 0.6 is 11.3 Å². The summed E-state index contributed by atoms with van der Waals surface area (Å²) < 4.78 is 1.10. The number of hydrogen-bond donors (Lipinski definition) is 3. The Morgan fingerprint density at radius 3 is 2.59 bits per heavy atom. The van der Waals surface area contributed by atoms with E-state index < -0.39 is 6.04 Å². The highest BCUT2D eigenvalue weighted by molar-refractivity contribution is 7.22. The summed E-state index contributed by atoms with van der Waals surface area (Å²) in [6, 6.07) is 23.5. The van der Waals surface area contributed by atoms with Gasteiger partial charge in [-0.1, -0.05) is 71.5 Å². The molecule has 0 spiro atoms. The van der Waals surface area contributed by atoms with Gasteiger partial charge in [-0.15, -0.1) is 0 Å². The molecule has 32 heavy (non-hydrogen) atoms. The van der Waals surface area contributed by atoms with Gasteiger partial charge in [0.15, 0.2) is 5.13 Å². The highest BCUT2D eigenvalue weighted by Gasteiger charge is 2.28. The summed E-state index contributed by atoms with van der Waals surface area (Å²) in [7, 11) is 0. The topological polar surface area (TPSA) is 82.2 Å². The highest BCUT2D eigenvalue weighted by atomic mass is 32.1. The van der Waals surface area contributed by atoms with E-state index in [0.717, 1.165) is 43.1 Å². The Balaban J connectivity index is 1.51. The number of aromatic nitrogens is 2. The molecule has 0 fully saturated rings. The number of benzene rings is 3. The van der Waals surface area contributed by atoms with Crippen molar-refractivity contribution in [1.82, 2.24) is 9.97 Å². The van der Waals surface area contributed by atoms with E-state index in [1.807, 2.05) is 79.7 Å². The van der Waals surface area contributed by atoms with Gasteiger partial charge < -0.3 is 15.6 Å². The largest absolute Gasteiger partial charge is 0.325 e. The first-order chi connectivity index (χ1) is 15.7. The average molecular weight is 438 g/mol. The zero-order valence-corrected chi connectivity index (χ0v) is 18.0. The van der Waals surface area contributed by atoms with Crippen molar-refractivity contribution >= 4 is 49.2 Å². The van der Waals surface area contributed by atoms with Crippen LogP contribution in [0.25, 0.3) is 21.1 Å². The molecule has 1 aliphatic rings. The summed E-state index contributed by atoms with van der Waals surface area (Å²) in [5.74, 6) is 0.567. The number of thiazole rings is 1. The molecule has 3 N–H and O–H groups in total. The molecule has 156 valence electrons. The second-order valence-corrected chi connectivity index (χ2v) is 8.85. The fraction of sp³-hybridized carbons (Fsp3) is 0.0800. The number of anilines is 2. The highest BCUT2D eigenvalue weighted by Crippen LogP contribution is 2.37. The first-order valence-electron chi connectivity index (χ1n) is 10.3. The maximum absolute atomic E-state index is 13.1. The normalized spacial score (nSPS) is 15.3. The van der Waals surface area contributed by atoms with E-state index >= 15 is 0 Å². The molecule has 0 aliphatic carbocycles. The van der Waals surface area contributed by atoms with Crippen LogP contribution in [0.1, 0.15) is 22.7 Å². The second kappa shape index (κ2) is 7.32. The predicted molar refractivity (Wildman–Crippen MR) is 132 cm³/mol. The molecular weight excluding hydrogens is 418 g/mol. The van der Waals surface area contributed by atoms with Crippen LogP contribution in [0.15, 0.2) is 82.6 Å². The molecule has 0 saturated heterocycles. The van der Waals surface area contributed by atoms with Gasteiger partial charge in [-0.3, -0.25) is 4.79 Å². The number of para-hydroxylation sites is 2. The van der Waals surface area contributed by atoms with E-state index in [0.29, 0.717) is 11.5 Å². The molecule has 7 heteroatoms. The van der Waals surface area contributed by atoms with E-state index in [1.165, 1.54) is 0 Å². The van der Waals surface area contributed by atoms with Crippen LogP contribution < -0.4 is 16.2 Å². The number of aromatic amines is 1. The first kappa shape index (κ1) is 18.8. The van der Waals surface area contributed by atoms with E-state index in [1.54, 1.807) is 11.3 Å². The van der Waals surface area contributed by atoms with E-state index in [2.05, 4.69) is 20.6 Å². The summed E-state index contributed by atoms with van der Waals surface area (Å²) in [5, 5.41) is 8.40. The number of hydrogen-bond acceptors (Lipinski definition) is 6. The number of H-pyrrole nitrogens is 1. The third kappa shape index (κ3) is 3.14. The first-order valence-corrected chi connectivity index (χ1v) is 11.2. The molecule has 3 aromatic carbocycles. The van der Waals surface area contributed by atoms with Crippen molar-refractivity contribution in [3.63, 3.8) is 0 Å². The summed E-state index contributed by atoms with van der Waals surface area (Å²) in [5.41, 5.74) is 5.09. The van der Waals surface area contributed by atoms with Crippen molar-refractivity contribution in [1.29, 1.82) is 0 Å². The summed E-state index contributed by atoms with van der Waals surface area (Å²) in [6.45, 7) is 2.05. The van der Waals surface area contributed by atoms with Crippen LogP contribution in [-0.4, -0.2) is 15.9 Å². The minimum absolute atomic E-state index is 0.139. The lowest BCUT2D eigenvalue weighted by Crippen LogP contribution is -2.32. The number of guanidine groups is 1. The van der Waals surface area contributed by atoms with Crippen molar-refractivity contribution in [2.75, 3.05) is 10.6 Å². The van der Waals surface area contributed by atoms with Crippen molar-refractivity contribution in [2.24, 2.45) is 4.99 Å². The lowest BCUT2D eigenvalue weighted by Gasteiger charge is -2.26. The maximum Gasteiger partial charge on any atom is 0.256 e. The predicted octanol–water partition coefficient (Wildman–Crippen LogP) is 5.43. The number of nitrogens with one attached hydrogen (secondary N) is 3. The molecule has 1 unspecified atom stereocenters. The van der Waals surface area contributed by atoms with Gasteiger partial charge in [-0.25, -0.2) is 9.98 Å². The molecule has 1 aliphatic heterocycles. The van der Waals surface area contributed by atoms with Gasteiger partial charge in [-0.05, 0) is 30.7 Å². The van der Waals surface area contributed by atoms with Gasteiger partial charge >= 0.3 is 0 Å². The molecule has 6 nitrogen and oxygen atoms in total. The van der Waals surface area contributed by atoms with Crippen molar-refractivity contribution in [3.8, 4) is 0 Å².